The van der Waals surface area contributed by atoms with E-state index in [0.29, 0.717) is 6.42 Å². The first-order chi connectivity index (χ1) is 6.99. The number of carboxylic acid groups (broad SMARTS) is 1. The van der Waals surface area contributed by atoms with Crippen LogP contribution < -0.4 is 0 Å². The molecule has 1 aromatic rings. The van der Waals surface area contributed by atoms with Gasteiger partial charge in [0.15, 0.2) is 0 Å². The van der Waals surface area contributed by atoms with Gasteiger partial charge in [-0.3, -0.25) is 4.79 Å². The van der Waals surface area contributed by atoms with Crippen LogP contribution in [0.3, 0.4) is 0 Å². The van der Waals surface area contributed by atoms with Crippen molar-refractivity contribution in [2.75, 3.05) is 0 Å². The molecule has 15 heavy (non-hydrogen) atoms. The monoisotopic (exact) mass is 226 g/mol. The summed E-state index contributed by atoms with van der Waals surface area (Å²) in [5.41, 5.74) is 2.74. The summed E-state index contributed by atoms with van der Waals surface area (Å²) in [5.74, 6) is -0.842. The third-order valence-corrected chi connectivity index (χ3v) is 2.68. The summed E-state index contributed by atoms with van der Waals surface area (Å²) in [7, 11) is 0. The number of hydrogen-bond acceptors (Lipinski definition) is 2. The number of aliphatic carboxylic acids is 1. The third kappa shape index (κ3) is 6.18. The summed E-state index contributed by atoms with van der Waals surface area (Å²) in [6.07, 6.45) is 0.582. The highest BCUT2D eigenvalue weighted by Gasteiger charge is 2.06. The SMILES string of the molecule is CCC(S)C(=O)O.Cc1ccccc1C. The van der Waals surface area contributed by atoms with Crippen LogP contribution in [0.4, 0.5) is 0 Å². The van der Waals surface area contributed by atoms with E-state index in [1.54, 1.807) is 6.92 Å². The minimum absolute atomic E-state index is 0.486. The molecule has 1 atom stereocenters. The summed E-state index contributed by atoms with van der Waals surface area (Å²) in [4.78, 5) is 9.85. The van der Waals surface area contributed by atoms with Gasteiger partial charge < -0.3 is 5.11 Å². The van der Waals surface area contributed by atoms with Gasteiger partial charge in [0.1, 0.15) is 0 Å². The lowest BCUT2D eigenvalue weighted by Gasteiger charge is -1.95. The van der Waals surface area contributed by atoms with Gasteiger partial charge in [0, 0.05) is 0 Å². The van der Waals surface area contributed by atoms with Crippen molar-refractivity contribution in [1.82, 2.24) is 0 Å². The first-order valence-electron chi connectivity index (χ1n) is 4.92. The largest absolute Gasteiger partial charge is 0.480 e. The fourth-order valence-corrected chi connectivity index (χ4v) is 0.837. The summed E-state index contributed by atoms with van der Waals surface area (Å²) in [5, 5.41) is 7.62. The Morgan fingerprint density at radius 3 is 1.87 bits per heavy atom. The van der Waals surface area contributed by atoms with Crippen molar-refractivity contribution >= 4 is 18.6 Å². The number of thiol groups is 1. The van der Waals surface area contributed by atoms with Crippen molar-refractivity contribution < 1.29 is 9.90 Å². The van der Waals surface area contributed by atoms with Gasteiger partial charge in [0.25, 0.3) is 0 Å². The summed E-state index contributed by atoms with van der Waals surface area (Å²) >= 11 is 3.73. The lowest BCUT2D eigenvalue weighted by atomic mass is 10.1. The fourth-order valence-electron chi connectivity index (χ4n) is 0.837. The van der Waals surface area contributed by atoms with E-state index in [-0.39, 0.29) is 0 Å². The molecular formula is C12H18O2S. The average Bonchev–Trinajstić information content (AvgIpc) is 2.22. The minimum Gasteiger partial charge on any atom is -0.480 e. The quantitative estimate of drug-likeness (QED) is 0.760. The van der Waals surface area contributed by atoms with Crippen LogP contribution in [0.25, 0.3) is 0 Å². The van der Waals surface area contributed by atoms with E-state index in [1.807, 2.05) is 0 Å². The maximum Gasteiger partial charge on any atom is 0.316 e. The van der Waals surface area contributed by atoms with Crippen LogP contribution in [-0.4, -0.2) is 16.3 Å². The molecule has 0 aliphatic heterocycles. The molecule has 0 aliphatic carbocycles. The second-order valence-electron chi connectivity index (χ2n) is 3.35. The topological polar surface area (TPSA) is 37.3 Å². The molecular weight excluding hydrogens is 208 g/mol. The van der Waals surface area contributed by atoms with Crippen molar-refractivity contribution in [3.63, 3.8) is 0 Å². The van der Waals surface area contributed by atoms with Crippen LogP contribution in [0, 0.1) is 13.8 Å². The Hall–Kier alpha value is -0.960. The van der Waals surface area contributed by atoms with Crippen molar-refractivity contribution in [1.29, 1.82) is 0 Å². The maximum atomic E-state index is 9.85. The number of rotatable bonds is 2. The highest BCUT2D eigenvalue weighted by molar-refractivity contribution is 7.81. The molecule has 1 unspecified atom stereocenters. The summed E-state index contributed by atoms with van der Waals surface area (Å²) < 4.78 is 0. The predicted molar refractivity (Wildman–Crippen MR) is 66.6 cm³/mol. The molecule has 0 bridgehead atoms. The third-order valence-electron chi connectivity index (χ3n) is 2.10. The number of aryl methyl sites for hydroxylation is 2. The van der Waals surface area contributed by atoms with Gasteiger partial charge in [0.2, 0.25) is 0 Å². The van der Waals surface area contributed by atoms with Gasteiger partial charge >= 0.3 is 5.97 Å². The second-order valence-corrected chi connectivity index (χ2v) is 3.97. The molecule has 0 radical (unpaired) electrons. The number of carboxylic acids is 1. The van der Waals surface area contributed by atoms with E-state index < -0.39 is 11.2 Å². The van der Waals surface area contributed by atoms with Crippen molar-refractivity contribution in [2.24, 2.45) is 0 Å². The van der Waals surface area contributed by atoms with E-state index in [0.717, 1.165) is 0 Å². The van der Waals surface area contributed by atoms with Crippen LogP contribution in [-0.2, 0) is 4.79 Å². The Kier molecular flexibility index (Phi) is 6.88. The van der Waals surface area contributed by atoms with Crippen molar-refractivity contribution in [3.8, 4) is 0 Å². The summed E-state index contributed by atoms with van der Waals surface area (Å²) in [6, 6.07) is 8.36. The average molecular weight is 226 g/mol. The Morgan fingerprint density at radius 1 is 1.33 bits per heavy atom. The van der Waals surface area contributed by atoms with Gasteiger partial charge in [-0.25, -0.2) is 0 Å². The molecule has 0 spiro atoms. The van der Waals surface area contributed by atoms with E-state index in [9.17, 15) is 4.79 Å². The molecule has 0 fully saturated rings. The van der Waals surface area contributed by atoms with Crippen LogP contribution in [0.5, 0.6) is 0 Å². The lowest BCUT2D eigenvalue weighted by Crippen LogP contribution is -2.10. The minimum atomic E-state index is -0.842. The van der Waals surface area contributed by atoms with E-state index in [2.05, 4.69) is 50.7 Å². The molecule has 1 rings (SSSR count). The zero-order valence-corrected chi connectivity index (χ0v) is 10.3. The zero-order chi connectivity index (χ0) is 11.8. The van der Waals surface area contributed by atoms with Crippen LogP contribution >= 0.6 is 12.6 Å². The number of benzene rings is 1. The molecule has 1 N–H and O–H groups in total. The molecule has 84 valence electrons. The standard InChI is InChI=1S/C8H10.C4H8O2S/c1-7-5-3-4-6-8(7)2;1-2-3(7)4(5)6/h3-6H,1-2H3;3,7H,2H2,1H3,(H,5,6). The second kappa shape index (κ2) is 7.35. The number of hydrogen-bond donors (Lipinski definition) is 2. The van der Waals surface area contributed by atoms with Crippen LogP contribution in [0.15, 0.2) is 24.3 Å². The highest BCUT2D eigenvalue weighted by atomic mass is 32.1. The van der Waals surface area contributed by atoms with Crippen molar-refractivity contribution in [3.05, 3.63) is 35.4 Å². The normalized spacial score (nSPS) is 11.2. The molecule has 0 heterocycles. The van der Waals surface area contributed by atoms with Gasteiger partial charge in [-0.15, -0.1) is 0 Å². The first-order valence-corrected chi connectivity index (χ1v) is 5.43. The van der Waals surface area contributed by atoms with E-state index >= 15 is 0 Å². The highest BCUT2D eigenvalue weighted by Crippen LogP contribution is 2.02. The smallest absolute Gasteiger partial charge is 0.316 e. The van der Waals surface area contributed by atoms with E-state index in [1.165, 1.54) is 11.1 Å². The molecule has 1 aromatic carbocycles. The maximum absolute atomic E-state index is 9.85. The first kappa shape index (κ1) is 14.0. The molecule has 0 amide bonds. The zero-order valence-electron chi connectivity index (χ0n) is 9.40. The fraction of sp³-hybridized carbons (Fsp3) is 0.417. The Morgan fingerprint density at radius 2 is 1.73 bits per heavy atom. The van der Waals surface area contributed by atoms with Gasteiger partial charge in [-0.1, -0.05) is 31.2 Å². The van der Waals surface area contributed by atoms with Gasteiger partial charge in [-0.2, -0.15) is 12.6 Å². The molecule has 3 heteroatoms. The molecule has 0 aliphatic rings. The summed E-state index contributed by atoms with van der Waals surface area (Å²) in [6.45, 7) is 6.02. The predicted octanol–water partition coefficient (Wildman–Crippen LogP) is 3.08. The number of carbonyl (C=O) groups is 1. The molecule has 0 aromatic heterocycles. The molecule has 0 saturated carbocycles. The van der Waals surface area contributed by atoms with Crippen LogP contribution in [0.1, 0.15) is 24.5 Å². The lowest BCUT2D eigenvalue weighted by molar-refractivity contribution is -0.136. The molecule has 2 nitrogen and oxygen atoms in total. The van der Waals surface area contributed by atoms with Crippen LogP contribution in [0.2, 0.25) is 0 Å². The van der Waals surface area contributed by atoms with E-state index in [4.69, 9.17) is 5.11 Å². The molecule has 0 saturated heterocycles. The van der Waals surface area contributed by atoms with Gasteiger partial charge in [-0.05, 0) is 31.4 Å². The Bertz CT molecular complexity index is 289. The van der Waals surface area contributed by atoms with Gasteiger partial charge in [0.05, 0.1) is 5.25 Å². The Labute approximate surface area is 96.7 Å². The Balaban J connectivity index is 0.000000265. The van der Waals surface area contributed by atoms with Crippen molar-refractivity contribution in [2.45, 2.75) is 32.4 Å².